The summed E-state index contributed by atoms with van der Waals surface area (Å²) in [5.41, 5.74) is 7.33. The number of carbonyl (C=O) groups excluding carboxylic acids is 2. The molecule has 25 heavy (non-hydrogen) atoms. The van der Waals surface area contributed by atoms with Gasteiger partial charge in [-0.1, -0.05) is 13.8 Å². The third-order valence-electron chi connectivity index (χ3n) is 3.47. The maximum absolute atomic E-state index is 12.2. The zero-order chi connectivity index (χ0) is 18.0. The molecule has 3 rings (SSSR count). The Hall–Kier alpha value is -2.81. The molecule has 9 heteroatoms. The zero-order valence-electron chi connectivity index (χ0n) is 13.8. The third kappa shape index (κ3) is 4.00. The number of hydrogen-bond donors (Lipinski definition) is 3. The second-order valence-electron chi connectivity index (χ2n) is 5.81. The van der Waals surface area contributed by atoms with Crippen LogP contribution in [0, 0.1) is 5.92 Å². The average Bonchev–Trinajstić information content (AvgIpc) is 3.16. The Morgan fingerprint density at radius 1 is 1.28 bits per heavy atom. The van der Waals surface area contributed by atoms with Crippen LogP contribution in [-0.2, 0) is 16.0 Å². The summed E-state index contributed by atoms with van der Waals surface area (Å²) in [7, 11) is 0. The molecule has 4 N–H and O–H groups in total. The van der Waals surface area contributed by atoms with Crippen molar-refractivity contribution < 1.29 is 19.1 Å². The van der Waals surface area contributed by atoms with Crippen LogP contribution >= 0.6 is 11.3 Å². The summed E-state index contributed by atoms with van der Waals surface area (Å²) in [6.07, 6.45) is 0.0714. The number of rotatable bonds is 5. The molecule has 1 aromatic carbocycles. The first kappa shape index (κ1) is 17.0. The maximum atomic E-state index is 12.2. The second-order valence-corrected chi connectivity index (χ2v) is 6.66. The smallest absolute Gasteiger partial charge is 0.231 e. The van der Waals surface area contributed by atoms with Crippen molar-refractivity contribution in [3.05, 3.63) is 23.2 Å². The van der Waals surface area contributed by atoms with Gasteiger partial charge in [0.05, 0.1) is 23.5 Å². The fourth-order valence-corrected chi connectivity index (χ4v) is 2.83. The van der Waals surface area contributed by atoms with Crippen LogP contribution in [0.1, 0.15) is 19.5 Å². The highest BCUT2D eigenvalue weighted by atomic mass is 32.1. The van der Waals surface area contributed by atoms with E-state index in [0.717, 1.165) is 0 Å². The number of thiazole rings is 1. The van der Waals surface area contributed by atoms with Crippen LogP contribution < -0.4 is 25.8 Å². The number of nitrogens with one attached hydrogen (secondary N) is 2. The van der Waals surface area contributed by atoms with Crippen LogP contribution in [0.3, 0.4) is 0 Å². The Balaban J connectivity index is 1.62. The predicted octanol–water partition coefficient (Wildman–Crippen LogP) is 2.23. The van der Waals surface area contributed by atoms with E-state index < -0.39 is 0 Å². The number of nitrogens with zero attached hydrogens (tertiary/aromatic N) is 1. The molecule has 2 aromatic rings. The lowest BCUT2D eigenvalue weighted by Gasteiger charge is -2.08. The van der Waals surface area contributed by atoms with Gasteiger partial charge < -0.3 is 25.8 Å². The van der Waals surface area contributed by atoms with Crippen molar-refractivity contribution in [3.63, 3.8) is 0 Å². The van der Waals surface area contributed by atoms with E-state index in [2.05, 4.69) is 15.6 Å². The third-order valence-corrected chi connectivity index (χ3v) is 4.27. The number of nitrogen functional groups attached to an aromatic ring is 1. The Morgan fingerprint density at radius 3 is 2.72 bits per heavy atom. The molecule has 2 amide bonds. The summed E-state index contributed by atoms with van der Waals surface area (Å²) in [5, 5.41) is 7.65. The molecule has 8 nitrogen and oxygen atoms in total. The largest absolute Gasteiger partial charge is 0.454 e. The number of carbonyl (C=O) groups is 2. The number of ether oxygens (including phenoxy) is 2. The Kier molecular flexibility index (Phi) is 4.75. The van der Waals surface area contributed by atoms with E-state index in [1.807, 2.05) is 0 Å². The van der Waals surface area contributed by atoms with E-state index in [1.165, 1.54) is 11.3 Å². The minimum Gasteiger partial charge on any atom is -0.454 e. The number of fused-ring (bicyclic) bond motifs is 1. The fraction of sp³-hybridized carbons (Fsp3) is 0.312. The quantitative estimate of drug-likeness (QED) is 0.703. The van der Waals surface area contributed by atoms with E-state index in [1.54, 1.807) is 31.4 Å². The van der Waals surface area contributed by atoms with Crippen LogP contribution in [0.2, 0.25) is 0 Å². The number of amides is 2. The van der Waals surface area contributed by atoms with Crippen molar-refractivity contribution in [1.29, 1.82) is 0 Å². The van der Waals surface area contributed by atoms with E-state index in [9.17, 15) is 9.59 Å². The van der Waals surface area contributed by atoms with Gasteiger partial charge in [0.2, 0.25) is 18.6 Å². The number of anilines is 3. The van der Waals surface area contributed by atoms with Crippen LogP contribution in [0.25, 0.3) is 0 Å². The molecular weight excluding hydrogens is 344 g/mol. The summed E-state index contributed by atoms with van der Waals surface area (Å²) < 4.78 is 10.5. The fourth-order valence-electron chi connectivity index (χ4n) is 2.12. The highest BCUT2D eigenvalue weighted by Gasteiger charge is 2.18. The summed E-state index contributed by atoms with van der Waals surface area (Å²) in [6.45, 7) is 3.73. The molecule has 0 spiro atoms. The van der Waals surface area contributed by atoms with Crippen molar-refractivity contribution in [2.45, 2.75) is 20.3 Å². The monoisotopic (exact) mass is 362 g/mol. The van der Waals surface area contributed by atoms with Crippen molar-refractivity contribution >= 4 is 39.7 Å². The molecule has 0 fully saturated rings. The highest BCUT2D eigenvalue weighted by molar-refractivity contribution is 7.13. The van der Waals surface area contributed by atoms with E-state index in [-0.39, 0.29) is 30.9 Å². The first-order valence-corrected chi connectivity index (χ1v) is 8.54. The van der Waals surface area contributed by atoms with Crippen molar-refractivity contribution in [2.24, 2.45) is 5.92 Å². The van der Waals surface area contributed by atoms with Gasteiger partial charge in [0.25, 0.3) is 0 Å². The van der Waals surface area contributed by atoms with Crippen molar-refractivity contribution in [2.75, 3.05) is 23.2 Å². The molecule has 0 bridgehead atoms. The molecule has 1 aliphatic rings. The van der Waals surface area contributed by atoms with Crippen LogP contribution in [-0.4, -0.2) is 23.6 Å². The van der Waals surface area contributed by atoms with Gasteiger partial charge in [-0.05, 0) is 0 Å². The number of benzene rings is 1. The Morgan fingerprint density at radius 2 is 2.00 bits per heavy atom. The van der Waals surface area contributed by atoms with Crippen molar-refractivity contribution in [3.8, 4) is 11.5 Å². The first-order valence-electron chi connectivity index (χ1n) is 7.66. The summed E-state index contributed by atoms with van der Waals surface area (Å²) in [4.78, 5) is 28.1. The molecular formula is C16H18N4O4S. The SMILES string of the molecule is CC(C)C(=O)Nc1nc(CC(=O)Nc2cc3c(cc2N)OCO3)cs1. The average molecular weight is 362 g/mol. The molecule has 1 aromatic heterocycles. The number of hydrogen-bond acceptors (Lipinski definition) is 7. The molecule has 2 heterocycles. The topological polar surface area (TPSA) is 116 Å². The van der Waals surface area contributed by atoms with Gasteiger partial charge in [-0.2, -0.15) is 0 Å². The van der Waals surface area contributed by atoms with Crippen LogP contribution in [0.15, 0.2) is 17.5 Å². The number of aromatic nitrogens is 1. The molecule has 0 saturated heterocycles. The maximum Gasteiger partial charge on any atom is 0.231 e. The molecule has 0 radical (unpaired) electrons. The van der Waals surface area contributed by atoms with Gasteiger partial charge in [0.1, 0.15) is 0 Å². The predicted molar refractivity (Wildman–Crippen MR) is 94.9 cm³/mol. The zero-order valence-corrected chi connectivity index (χ0v) is 14.6. The normalized spacial score (nSPS) is 12.3. The lowest BCUT2D eigenvalue weighted by Crippen LogP contribution is -2.18. The molecule has 1 aliphatic heterocycles. The first-order chi connectivity index (χ1) is 11.9. The van der Waals surface area contributed by atoms with Crippen LogP contribution in [0.5, 0.6) is 11.5 Å². The highest BCUT2D eigenvalue weighted by Crippen LogP contribution is 2.38. The second kappa shape index (κ2) is 6.98. The lowest BCUT2D eigenvalue weighted by molar-refractivity contribution is -0.119. The van der Waals surface area contributed by atoms with Gasteiger partial charge >= 0.3 is 0 Å². The minimum absolute atomic E-state index is 0.0714. The van der Waals surface area contributed by atoms with Gasteiger partial charge in [-0.3, -0.25) is 9.59 Å². The Labute approximate surface area is 148 Å². The van der Waals surface area contributed by atoms with Gasteiger partial charge in [-0.25, -0.2) is 4.98 Å². The molecule has 0 aliphatic carbocycles. The van der Waals surface area contributed by atoms with Crippen molar-refractivity contribution in [1.82, 2.24) is 4.98 Å². The van der Waals surface area contributed by atoms with E-state index in [4.69, 9.17) is 15.2 Å². The molecule has 0 saturated carbocycles. The standard InChI is InChI=1S/C16H18N4O4S/c1-8(2)15(22)20-16-18-9(6-25-16)3-14(21)19-11-5-13-12(4-10(11)17)23-7-24-13/h4-6,8H,3,7,17H2,1-2H3,(H,19,21)(H,18,20,22). The summed E-state index contributed by atoms with van der Waals surface area (Å²) >= 11 is 1.28. The lowest BCUT2D eigenvalue weighted by atomic mass is 10.2. The van der Waals surface area contributed by atoms with Gasteiger partial charge in [0.15, 0.2) is 16.6 Å². The number of nitrogens with two attached hydrogens (primary N) is 1. The molecule has 0 unspecified atom stereocenters. The summed E-state index contributed by atoms with van der Waals surface area (Å²) in [5.74, 6) is 0.582. The van der Waals surface area contributed by atoms with Crippen LogP contribution in [0.4, 0.5) is 16.5 Å². The van der Waals surface area contributed by atoms with Gasteiger partial charge in [0, 0.05) is 23.4 Å². The molecule has 0 atom stereocenters. The van der Waals surface area contributed by atoms with Gasteiger partial charge in [-0.15, -0.1) is 11.3 Å². The van der Waals surface area contributed by atoms with E-state index in [0.29, 0.717) is 33.7 Å². The summed E-state index contributed by atoms with van der Waals surface area (Å²) in [6, 6.07) is 3.24. The Bertz CT molecular complexity index is 818. The minimum atomic E-state index is -0.266. The molecule has 132 valence electrons. The van der Waals surface area contributed by atoms with E-state index >= 15 is 0 Å².